The highest BCUT2D eigenvalue weighted by Gasteiger charge is 2.10. The molecular weight excluding hydrogens is 370 g/mol. The minimum atomic E-state index is -0.531. The molecule has 0 unspecified atom stereocenters. The summed E-state index contributed by atoms with van der Waals surface area (Å²) in [7, 11) is 0. The van der Waals surface area contributed by atoms with Crippen LogP contribution in [0.3, 0.4) is 0 Å². The molecule has 29 heavy (non-hydrogen) atoms. The fourth-order valence-electron chi connectivity index (χ4n) is 2.62. The number of carbonyl (C=O) groups is 2. The molecule has 0 bridgehead atoms. The van der Waals surface area contributed by atoms with Crippen LogP contribution in [-0.2, 0) is 22.7 Å². The molecule has 0 aromatic heterocycles. The molecule has 0 spiro atoms. The van der Waals surface area contributed by atoms with Gasteiger partial charge in [0.15, 0.2) is 0 Å². The van der Waals surface area contributed by atoms with E-state index in [0.29, 0.717) is 13.1 Å². The number of nitrogens with zero attached hydrogens (tertiary/aromatic N) is 1. The first kappa shape index (κ1) is 22.2. The number of benzene rings is 2. The molecule has 3 N–H and O–H groups in total. The Morgan fingerprint density at radius 2 is 1.34 bits per heavy atom. The fraction of sp³-hybridized carbons (Fsp3) is 0.364. The van der Waals surface area contributed by atoms with E-state index < -0.39 is 12.2 Å². The van der Waals surface area contributed by atoms with Crippen LogP contribution in [0.2, 0.25) is 0 Å². The number of rotatable bonds is 11. The normalized spacial score (nSPS) is 10.2. The number of alkyl carbamates (subject to hydrolysis) is 1. The average Bonchev–Trinajstić information content (AvgIpc) is 2.76. The second-order valence-corrected chi connectivity index (χ2v) is 6.64. The van der Waals surface area contributed by atoms with Crippen LogP contribution in [0.4, 0.5) is 9.59 Å². The van der Waals surface area contributed by atoms with Crippen molar-refractivity contribution >= 4 is 12.2 Å². The number of hydrogen-bond donors (Lipinski definition) is 2. The maximum Gasteiger partial charge on any atom is 0.424 e. The lowest BCUT2D eigenvalue weighted by Gasteiger charge is -2.16. The Bertz CT molecular complexity index is 725. The van der Waals surface area contributed by atoms with Crippen LogP contribution in [0.5, 0.6) is 0 Å². The van der Waals surface area contributed by atoms with Gasteiger partial charge in [-0.3, -0.25) is 0 Å². The molecule has 2 aromatic carbocycles. The number of nitrogens with two attached hydrogens (primary N) is 1. The van der Waals surface area contributed by atoms with E-state index >= 15 is 0 Å². The highest BCUT2D eigenvalue weighted by molar-refractivity contribution is 5.67. The van der Waals surface area contributed by atoms with Crippen molar-refractivity contribution in [2.45, 2.75) is 38.9 Å². The molecule has 2 amide bonds. The van der Waals surface area contributed by atoms with E-state index in [9.17, 15) is 9.59 Å². The quantitative estimate of drug-likeness (QED) is 0.258. The first-order valence-corrected chi connectivity index (χ1v) is 9.82. The highest BCUT2D eigenvalue weighted by Crippen LogP contribution is 2.04. The molecule has 0 aliphatic rings. The molecule has 0 atom stereocenters. The number of amides is 2. The molecule has 156 valence electrons. The summed E-state index contributed by atoms with van der Waals surface area (Å²) in [6, 6.07) is 19.0. The van der Waals surface area contributed by atoms with Crippen LogP contribution >= 0.6 is 0 Å². The second kappa shape index (κ2) is 13.2. The average molecular weight is 399 g/mol. The highest BCUT2D eigenvalue weighted by atomic mass is 16.6. The largest absolute Gasteiger partial charge is 0.445 e. The number of ether oxygens (including phenoxy) is 2. The molecule has 2 rings (SSSR count). The number of carbonyl (C=O) groups excluding carboxylic acids is 2. The van der Waals surface area contributed by atoms with Gasteiger partial charge in [-0.15, -0.1) is 0 Å². The van der Waals surface area contributed by atoms with Gasteiger partial charge in [-0.25, -0.2) is 20.4 Å². The van der Waals surface area contributed by atoms with Crippen molar-refractivity contribution in [1.82, 2.24) is 10.3 Å². The van der Waals surface area contributed by atoms with Gasteiger partial charge in [0, 0.05) is 13.1 Å². The van der Waals surface area contributed by atoms with E-state index in [2.05, 4.69) is 5.32 Å². The summed E-state index contributed by atoms with van der Waals surface area (Å²) in [5.41, 5.74) is 1.88. The van der Waals surface area contributed by atoms with Gasteiger partial charge in [0.05, 0.1) is 0 Å². The standard InChI is InChI=1S/C22H29N3O4/c23-25(22(27)29-18-20-13-7-4-8-14-20)16-10-2-1-9-15-24-21(26)28-17-19-11-5-3-6-12-19/h3-8,11-14H,1-2,9-10,15-18,23H2,(H,24,26). The molecule has 0 heterocycles. The van der Waals surface area contributed by atoms with Crippen LogP contribution in [0.15, 0.2) is 60.7 Å². The zero-order valence-corrected chi connectivity index (χ0v) is 16.6. The van der Waals surface area contributed by atoms with E-state index in [4.69, 9.17) is 15.3 Å². The van der Waals surface area contributed by atoms with Crippen molar-refractivity contribution in [3.8, 4) is 0 Å². The smallest absolute Gasteiger partial charge is 0.424 e. The van der Waals surface area contributed by atoms with Gasteiger partial charge >= 0.3 is 12.2 Å². The van der Waals surface area contributed by atoms with Gasteiger partial charge in [-0.05, 0) is 24.0 Å². The SMILES string of the molecule is NN(CCCCCCNC(=O)OCc1ccccc1)C(=O)OCc1ccccc1. The van der Waals surface area contributed by atoms with E-state index in [0.717, 1.165) is 41.8 Å². The van der Waals surface area contributed by atoms with E-state index in [1.54, 1.807) is 0 Å². The lowest BCUT2D eigenvalue weighted by atomic mass is 10.2. The zero-order valence-electron chi connectivity index (χ0n) is 16.6. The number of unbranched alkanes of at least 4 members (excludes halogenated alkanes) is 3. The van der Waals surface area contributed by atoms with Crippen molar-refractivity contribution in [1.29, 1.82) is 0 Å². The summed E-state index contributed by atoms with van der Waals surface area (Å²) in [5.74, 6) is 5.73. The Morgan fingerprint density at radius 3 is 1.97 bits per heavy atom. The van der Waals surface area contributed by atoms with Crippen molar-refractivity contribution in [3.63, 3.8) is 0 Å². The van der Waals surface area contributed by atoms with Crippen molar-refractivity contribution in [2.75, 3.05) is 13.1 Å². The summed E-state index contributed by atoms with van der Waals surface area (Å²) < 4.78 is 10.3. The van der Waals surface area contributed by atoms with Crippen LogP contribution in [-0.4, -0.2) is 30.3 Å². The molecule has 7 nitrogen and oxygen atoms in total. The molecule has 0 aliphatic carbocycles. The summed E-state index contributed by atoms with van der Waals surface area (Å²) in [5, 5.41) is 3.83. The minimum Gasteiger partial charge on any atom is -0.445 e. The minimum absolute atomic E-state index is 0.208. The molecule has 7 heteroatoms. The third-order valence-electron chi connectivity index (χ3n) is 4.25. The fourth-order valence-corrected chi connectivity index (χ4v) is 2.62. The van der Waals surface area contributed by atoms with E-state index in [1.807, 2.05) is 60.7 Å². The summed E-state index contributed by atoms with van der Waals surface area (Å²) in [6.07, 6.45) is 2.49. The van der Waals surface area contributed by atoms with Gasteiger partial charge in [-0.2, -0.15) is 0 Å². The Balaban J connectivity index is 1.44. The molecule has 2 aromatic rings. The van der Waals surface area contributed by atoms with Crippen LogP contribution in [0, 0.1) is 0 Å². The van der Waals surface area contributed by atoms with Gasteiger partial charge in [0.1, 0.15) is 13.2 Å². The van der Waals surface area contributed by atoms with Gasteiger partial charge in [0.2, 0.25) is 0 Å². The number of hydrogen-bond acceptors (Lipinski definition) is 5. The Morgan fingerprint density at radius 1 is 0.793 bits per heavy atom. The van der Waals surface area contributed by atoms with E-state index in [1.165, 1.54) is 0 Å². The molecule has 0 aliphatic heterocycles. The van der Waals surface area contributed by atoms with Crippen LogP contribution in [0.25, 0.3) is 0 Å². The topological polar surface area (TPSA) is 93.9 Å². The lowest BCUT2D eigenvalue weighted by Crippen LogP contribution is -2.38. The first-order valence-electron chi connectivity index (χ1n) is 9.82. The van der Waals surface area contributed by atoms with Crippen LogP contribution in [0.1, 0.15) is 36.8 Å². The Labute approximate surface area is 171 Å². The number of hydrazine groups is 1. The summed E-state index contributed by atoms with van der Waals surface area (Å²) in [6.45, 7) is 1.46. The third kappa shape index (κ3) is 9.62. The summed E-state index contributed by atoms with van der Waals surface area (Å²) >= 11 is 0. The maximum atomic E-state index is 11.8. The van der Waals surface area contributed by atoms with Crippen LogP contribution < -0.4 is 11.2 Å². The predicted molar refractivity (Wildman–Crippen MR) is 111 cm³/mol. The first-order chi connectivity index (χ1) is 14.1. The van der Waals surface area contributed by atoms with E-state index in [-0.39, 0.29) is 13.2 Å². The zero-order chi connectivity index (χ0) is 20.7. The molecule has 0 saturated carbocycles. The predicted octanol–water partition coefficient (Wildman–Crippen LogP) is 3.99. The van der Waals surface area contributed by atoms with Crippen molar-refractivity contribution < 1.29 is 19.1 Å². The molecule has 0 fully saturated rings. The monoisotopic (exact) mass is 399 g/mol. The third-order valence-corrected chi connectivity index (χ3v) is 4.25. The number of nitrogens with one attached hydrogen (secondary N) is 1. The molecule has 0 saturated heterocycles. The Kier molecular flexibility index (Phi) is 10.1. The van der Waals surface area contributed by atoms with Crippen molar-refractivity contribution in [2.24, 2.45) is 5.84 Å². The van der Waals surface area contributed by atoms with Gasteiger partial charge in [-0.1, -0.05) is 73.5 Å². The van der Waals surface area contributed by atoms with Gasteiger partial charge in [0.25, 0.3) is 0 Å². The van der Waals surface area contributed by atoms with Crippen molar-refractivity contribution in [3.05, 3.63) is 71.8 Å². The lowest BCUT2D eigenvalue weighted by molar-refractivity contribution is 0.0955. The molecular formula is C22H29N3O4. The second-order valence-electron chi connectivity index (χ2n) is 6.64. The van der Waals surface area contributed by atoms with Gasteiger partial charge < -0.3 is 14.8 Å². The molecule has 0 radical (unpaired) electrons. The Hall–Kier alpha value is -3.06. The summed E-state index contributed by atoms with van der Waals surface area (Å²) in [4.78, 5) is 23.5. The maximum absolute atomic E-state index is 11.8.